The van der Waals surface area contributed by atoms with Gasteiger partial charge in [-0.3, -0.25) is 0 Å². The van der Waals surface area contributed by atoms with E-state index in [1.165, 1.54) is 0 Å². The molecule has 9 rings (SSSR count). The van der Waals surface area contributed by atoms with Crippen molar-refractivity contribution in [3.05, 3.63) is 118 Å². The summed E-state index contributed by atoms with van der Waals surface area (Å²) in [6, 6.07) is 11.9. The van der Waals surface area contributed by atoms with Crippen LogP contribution in [0.15, 0.2) is 121 Å². The van der Waals surface area contributed by atoms with Crippen molar-refractivity contribution in [1.82, 2.24) is 15.0 Å². The second-order valence-corrected chi connectivity index (χ2v) is 17.9. The minimum absolute atomic E-state index is 0.285. The van der Waals surface area contributed by atoms with Gasteiger partial charge in [-0.15, -0.1) is 0 Å². The van der Waals surface area contributed by atoms with Crippen molar-refractivity contribution < 1.29 is 0 Å². The quantitative estimate of drug-likeness (QED) is 0.135. The smallest absolute Gasteiger partial charge is 0.161 e. The number of fused-ring (bicyclic) bond motifs is 18. The molecule has 236 valence electrons. The number of halogens is 8. The molecule has 0 saturated heterocycles. The van der Waals surface area contributed by atoms with Crippen molar-refractivity contribution in [1.29, 1.82) is 0 Å². The van der Waals surface area contributed by atoms with Gasteiger partial charge in [0.25, 0.3) is 0 Å². The van der Waals surface area contributed by atoms with Gasteiger partial charge in [-0.05, 0) is 48.6 Å². The van der Waals surface area contributed by atoms with Crippen molar-refractivity contribution in [2.75, 3.05) is 0 Å². The fourth-order valence-electron chi connectivity index (χ4n) is 6.21. The lowest BCUT2D eigenvalue weighted by Crippen LogP contribution is -2.19. The van der Waals surface area contributed by atoms with Crippen molar-refractivity contribution in [3.8, 4) is 0 Å². The summed E-state index contributed by atoms with van der Waals surface area (Å²) in [7, 11) is 0. The zero-order chi connectivity index (χ0) is 33.2. The predicted octanol–water partition coefficient (Wildman–Crippen LogP) is 10.7. The van der Waals surface area contributed by atoms with Gasteiger partial charge in [-0.1, -0.05) is 127 Å². The molecule has 6 aromatic rings. The standard InChI is InChI=1S/C32H12Br8N8/c33-9-1-2-10(34)18-17(9)25-41-26(18)46-28-21-13(37)5-6-14(38)22(21)30(43-28)48-32-24-16(40)8-7-15(39)23(24)31(44-32)47-29-20-12(36)4-3-11(35)19(20)27(42-29)45-25/h1-8,17,44H,(H,43,46,48)(H,41,42,45,47). The third-order valence-corrected chi connectivity index (χ3v) is 13.6. The number of nitrogens with one attached hydrogen (secondary N) is 3. The molecule has 3 aromatic heterocycles. The summed E-state index contributed by atoms with van der Waals surface area (Å²) < 4.78 is 6.98. The maximum absolute atomic E-state index is 5.21. The van der Waals surface area contributed by atoms with Crippen LogP contribution < -0.4 is 22.0 Å². The molecule has 0 saturated carbocycles. The number of rotatable bonds is 0. The Hall–Kier alpha value is -1.79. The highest BCUT2D eigenvalue weighted by Crippen LogP contribution is 2.45. The zero-order valence-electron chi connectivity index (χ0n) is 23.5. The molecule has 3 aromatic carbocycles. The third kappa shape index (κ3) is 4.87. The van der Waals surface area contributed by atoms with Crippen molar-refractivity contribution >= 4 is 177 Å². The second-order valence-electron chi connectivity index (χ2n) is 11.0. The van der Waals surface area contributed by atoms with Gasteiger partial charge in [0.1, 0.15) is 39.4 Å². The Kier molecular flexibility index (Phi) is 7.96. The highest BCUT2D eigenvalue weighted by Gasteiger charge is 2.36. The Morgan fingerprint density at radius 2 is 0.854 bits per heavy atom. The first kappa shape index (κ1) is 32.1. The van der Waals surface area contributed by atoms with Gasteiger partial charge >= 0.3 is 0 Å². The van der Waals surface area contributed by atoms with Crippen LogP contribution in [-0.2, 0) is 0 Å². The van der Waals surface area contributed by atoms with E-state index in [9.17, 15) is 0 Å². The molecule has 8 bridgehead atoms. The molecule has 1 atom stereocenters. The first-order valence-electron chi connectivity index (χ1n) is 14.0. The Labute approximate surface area is 336 Å². The summed E-state index contributed by atoms with van der Waals surface area (Å²) in [4.78, 5) is 36.4. The molecule has 3 aliphatic rings. The summed E-state index contributed by atoms with van der Waals surface area (Å²) in [5.74, 6) is 2.05. The molecule has 48 heavy (non-hydrogen) atoms. The van der Waals surface area contributed by atoms with Crippen LogP contribution in [0.25, 0.3) is 32.3 Å². The number of hydrogen-bond acceptors (Lipinski definition) is 5. The van der Waals surface area contributed by atoms with Gasteiger partial charge < -0.3 is 15.0 Å². The number of hydrogen-bond donors (Lipinski definition) is 3. The Morgan fingerprint density at radius 3 is 1.33 bits per heavy atom. The molecule has 0 amide bonds. The fourth-order valence-corrected chi connectivity index (χ4v) is 10.4. The van der Waals surface area contributed by atoms with E-state index >= 15 is 0 Å². The van der Waals surface area contributed by atoms with E-state index in [1.807, 2.05) is 48.6 Å². The summed E-state index contributed by atoms with van der Waals surface area (Å²) in [5, 5.41) is 5.18. The normalized spacial score (nSPS) is 17.8. The van der Waals surface area contributed by atoms with Gasteiger partial charge in [0.05, 0.1) is 5.92 Å². The maximum atomic E-state index is 5.21. The monoisotopic (exact) mass is 1140 g/mol. The number of aliphatic imine (C=N–C) groups is 1. The van der Waals surface area contributed by atoms with Crippen LogP contribution in [0.4, 0.5) is 11.6 Å². The summed E-state index contributed by atoms with van der Waals surface area (Å²) >= 11 is 30.3. The number of nitrogens with zero attached hydrogens (tertiary/aromatic N) is 5. The van der Waals surface area contributed by atoms with Crippen molar-refractivity contribution in [2.24, 2.45) is 30.9 Å². The lowest BCUT2D eigenvalue weighted by molar-refractivity contribution is 1.01. The number of allylic oxidation sites excluding steroid dienone is 3. The van der Waals surface area contributed by atoms with E-state index in [1.54, 1.807) is 0 Å². The van der Waals surface area contributed by atoms with Gasteiger partial charge in [-0.25, -0.2) is 25.0 Å². The molecule has 0 spiro atoms. The maximum Gasteiger partial charge on any atom is 0.161 e. The Morgan fingerprint density at radius 1 is 0.438 bits per heavy atom. The van der Waals surface area contributed by atoms with E-state index < -0.39 is 0 Å². The van der Waals surface area contributed by atoms with E-state index in [4.69, 9.17) is 25.0 Å². The van der Waals surface area contributed by atoms with Crippen LogP contribution in [0.1, 0.15) is 0 Å². The lowest BCUT2D eigenvalue weighted by atomic mass is 9.95. The number of aromatic amines is 3. The molecule has 2 aliphatic heterocycles. The molecule has 0 fully saturated rings. The minimum atomic E-state index is -0.285. The molecule has 8 nitrogen and oxygen atoms in total. The van der Waals surface area contributed by atoms with Crippen molar-refractivity contribution in [2.45, 2.75) is 0 Å². The molecule has 1 aliphatic carbocycles. The highest BCUT2D eigenvalue weighted by molar-refractivity contribution is 9.12. The van der Waals surface area contributed by atoms with Gasteiger partial charge in [0.15, 0.2) is 5.82 Å². The van der Waals surface area contributed by atoms with Crippen LogP contribution in [-0.4, -0.2) is 20.8 Å². The Balaban J connectivity index is 1.53. The van der Waals surface area contributed by atoms with E-state index in [-0.39, 0.29) is 5.92 Å². The fraction of sp³-hybridized carbons (Fsp3) is 0.0312. The minimum Gasteiger partial charge on any atom is -0.324 e. The zero-order valence-corrected chi connectivity index (χ0v) is 36.1. The molecule has 5 heterocycles. The summed E-state index contributed by atoms with van der Waals surface area (Å²) in [6.07, 6.45) is 4.00. The van der Waals surface area contributed by atoms with Crippen LogP contribution in [0.2, 0.25) is 0 Å². The second kappa shape index (κ2) is 11.9. The molecule has 0 radical (unpaired) electrons. The topological polar surface area (TPSA) is 109 Å². The largest absolute Gasteiger partial charge is 0.324 e. The molecule has 1 unspecified atom stereocenters. The first-order chi connectivity index (χ1) is 23.1. The predicted molar refractivity (Wildman–Crippen MR) is 217 cm³/mol. The number of aromatic nitrogens is 3. The van der Waals surface area contributed by atoms with Crippen LogP contribution >= 0.6 is 127 Å². The number of benzene rings is 3. The SMILES string of the molecule is BrC1=CC=C(Br)C2C3=NC(=C12)N=c1[nH]c(c2c(Br)ccc(Br)c12)=Nc1[nH]c(c2c(Br)ccc(Br)c12)/N=c1\[nH]c(c2c(Br)ccc(Br)c12)=N3. The average molecular weight is 1150 g/mol. The van der Waals surface area contributed by atoms with Crippen LogP contribution in [0.5, 0.6) is 0 Å². The summed E-state index contributed by atoms with van der Waals surface area (Å²) in [6.45, 7) is 0. The van der Waals surface area contributed by atoms with Gasteiger partial charge in [0.2, 0.25) is 0 Å². The number of amidine groups is 1. The molecule has 16 heteroatoms. The summed E-state index contributed by atoms with van der Waals surface area (Å²) in [5.41, 5.74) is 3.32. The van der Waals surface area contributed by atoms with E-state index in [0.29, 0.717) is 45.2 Å². The first-order valence-corrected chi connectivity index (χ1v) is 20.4. The van der Waals surface area contributed by atoms with E-state index in [2.05, 4.69) is 142 Å². The van der Waals surface area contributed by atoms with Crippen LogP contribution in [0, 0.1) is 5.92 Å². The van der Waals surface area contributed by atoms with Gasteiger partial charge in [-0.2, -0.15) is 0 Å². The lowest BCUT2D eigenvalue weighted by Gasteiger charge is -2.17. The number of H-pyrrole nitrogens is 3. The third-order valence-electron chi connectivity index (χ3n) is 8.26. The molecular weight excluding hydrogens is 1140 g/mol. The van der Waals surface area contributed by atoms with Gasteiger partial charge in [0, 0.05) is 73.7 Å². The molecular formula is C32H12Br8N8. The van der Waals surface area contributed by atoms with Crippen molar-refractivity contribution in [3.63, 3.8) is 0 Å². The Bertz CT molecular complexity index is 2890. The van der Waals surface area contributed by atoms with Crippen LogP contribution in [0.3, 0.4) is 0 Å². The average Bonchev–Trinajstić information content (AvgIpc) is 3.80. The van der Waals surface area contributed by atoms with E-state index in [0.717, 1.165) is 73.7 Å². The molecule has 3 N–H and O–H groups in total. The highest BCUT2D eigenvalue weighted by atomic mass is 79.9.